The molecule has 1 aliphatic rings. The van der Waals surface area contributed by atoms with Crippen molar-refractivity contribution in [3.63, 3.8) is 0 Å². The number of amides is 4. The molecule has 0 bridgehead atoms. The number of benzene rings is 1. The van der Waals surface area contributed by atoms with Crippen LogP contribution in [-0.2, 0) is 25.6 Å². The minimum atomic E-state index is -0.904. The quantitative estimate of drug-likeness (QED) is 0.204. The van der Waals surface area contributed by atoms with Crippen molar-refractivity contribution in [3.8, 4) is 0 Å². The molecule has 9 heteroatoms. The van der Waals surface area contributed by atoms with Gasteiger partial charge in [0.2, 0.25) is 23.6 Å². The Morgan fingerprint density at radius 2 is 1.36 bits per heavy atom. The Hall–Kier alpha value is -2.94. The molecule has 0 unspecified atom stereocenters. The lowest BCUT2D eigenvalue weighted by atomic mass is 9.84. The van der Waals surface area contributed by atoms with Gasteiger partial charge in [0, 0.05) is 6.42 Å². The van der Waals surface area contributed by atoms with E-state index in [1.165, 1.54) is 6.42 Å². The Labute approximate surface area is 233 Å². The maximum absolute atomic E-state index is 13.5. The van der Waals surface area contributed by atoms with E-state index < -0.39 is 47.8 Å². The van der Waals surface area contributed by atoms with Gasteiger partial charge in [-0.1, -0.05) is 102 Å². The van der Waals surface area contributed by atoms with Crippen LogP contribution in [-0.4, -0.2) is 47.8 Å². The monoisotopic (exact) mass is 543 g/mol. The third kappa shape index (κ3) is 11.8. The van der Waals surface area contributed by atoms with Crippen molar-refractivity contribution in [2.24, 2.45) is 17.4 Å². The first kappa shape index (κ1) is 32.3. The average molecular weight is 544 g/mol. The number of hydrogen-bond acceptors (Lipinski definition) is 5. The highest BCUT2D eigenvalue weighted by Gasteiger charge is 2.31. The van der Waals surface area contributed by atoms with Gasteiger partial charge in [0.05, 0.1) is 6.04 Å². The van der Waals surface area contributed by atoms with E-state index in [1.54, 1.807) is 0 Å². The van der Waals surface area contributed by atoms with E-state index in [2.05, 4.69) is 16.0 Å². The first-order valence-corrected chi connectivity index (χ1v) is 14.7. The van der Waals surface area contributed by atoms with Gasteiger partial charge in [-0.2, -0.15) is 0 Å². The molecule has 0 aliphatic heterocycles. The van der Waals surface area contributed by atoms with Gasteiger partial charge in [-0.05, 0) is 30.7 Å². The molecule has 218 valence electrons. The SMILES string of the molecule is CCCC[C@H](N)C(=O)N[C@@H](Cc1ccccc1)C(=O)N[C@H](CCCC)C(=O)N[C@@H](CC1CCCCC1)C(N)=O. The first-order valence-electron chi connectivity index (χ1n) is 14.7. The Balaban J connectivity index is 2.14. The molecule has 0 radical (unpaired) electrons. The van der Waals surface area contributed by atoms with Crippen LogP contribution in [0.25, 0.3) is 0 Å². The summed E-state index contributed by atoms with van der Waals surface area (Å²) >= 11 is 0. The molecule has 4 amide bonds. The van der Waals surface area contributed by atoms with Crippen molar-refractivity contribution in [2.75, 3.05) is 0 Å². The molecule has 4 atom stereocenters. The summed E-state index contributed by atoms with van der Waals surface area (Å²) in [4.78, 5) is 51.8. The smallest absolute Gasteiger partial charge is 0.243 e. The number of hydrogen-bond donors (Lipinski definition) is 5. The summed E-state index contributed by atoms with van der Waals surface area (Å²) < 4.78 is 0. The maximum Gasteiger partial charge on any atom is 0.243 e. The largest absolute Gasteiger partial charge is 0.368 e. The second-order valence-electron chi connectivity index (χ2n) is 10.9. The topological polar surface area (TPSA) is 156 Å². The molecule has 1 aliphatic carbocycles. The minimum absolute atomic E-state index is 0.257. The predicted octanol–water partition coefficient (Wildman–Crippen LogP) is 2.85. The molecule has 7 N–H and O–H groups in total. The predicted molar refractivity (Wildman–Crippen MR) is 153 cm³/mol. The fourth-order valence-electron chi connectivity index (χ4n) is 5.12. The first-order chi connectivity index (χ1) is 18.7. The van der Waals surface area contributed by atoms with Crippen LogP contribution in [0.2, 0.25) is 0 Å². The Kier molecular flexibility index (Phi) is 14.6. The van der Waals surface area contributed by atoms with E-state index >= 15 is 0 Å². The van der Waals surface area contributed by atoms with E-state index in [4.69, 9.17) is 11.5 Å². The molecule has 2 rings (SSSR count). The van der Waals surface area contributed by atoms with Crippen molar-refractivity contribution >= 4 is 23.6 Å². The fraction of sp³-hybridized carbons (Fsp3) is 0.667. The van der Waals surface area contributed by atoms with Crippen LogP contribution in [0.4, 0.5) is 0 Å². The lowest BCUT2D eigenvalue weighted by Gasteiger charge is -2.28. The van der Waals surface area contributed by atoms with Crippen LogP contribution in [0.3, 0.4) is 0 Å². The summed E-state index contributed by atoms with van der Waals surface area (Å²) in [5.41, 5.74) is 12.6. The van der Waals surface area contributed by atoms with Crippen molar-refractivity contribution < 1.29 is 19.2 Å². The summed E-state index contributed by atoms with van der Waals surface area (Å²) in [5.74, 6) is -1.50. The number of carbonyl (C=O) groups excluding carboxylic acids is 4. The van der Waals surface area contributed by atoms with Crippen LogP contribution < -0.4 is 27.4 Å². The molecule has 0 spiro atoms. The van der Waals surface area contributed by atoms with E-state index in [9.17, 15) is 19.2 Å². The number of carbonyl (C=O) groups is 4. The zero-order chi connectivity index (χ0) is 28.6. The highest BCUT2D eigenvalue weighted by molar-refractivity contribution is 5.94. The van der Waals surface area contributed by atoms with Crippen LogP contribution >= 0.6 is 0 Å². The minimum Gasteiger partial charge on any atom is -0.368 e. The zero-order valence-corrected chi connectivity index (χ0v) is 23.8. The summed E-state index contributed by atoms with van der Waals surface area (Å²) in [6.07, 6.45) is 10.5. The van der Waals surface area contributed by atoms with E-state index in [0.29, 0.717) is 31.6 Å². The lowest BCUT2D eigenvalue weighted by Crippen LogP contribution is -2.58. The van der Waals surface area contributed by atoms with Gasteiger partial charge in [-0.15, -0.1) is 0 Å². The molecule has 0 heterocycles. The van der Waals surface area contributed by atoms with Crippen LogP contribution in [0, 0.1) is 5.92 Å². The van der Waals surface area contributed by atoms with Crippen LogP contribution in [0.1, 0.15) is 96.5 Å². The second kappa shape index (κ2) is 17.6. The lowest BCUT2D eigenvalue weighted by molar-refractivity contribution is -0.133. The molecule has 1 saturated carbocycles. The number of unbranched alkanes of at least 4 members (excludes halogenated alkanes) is 2. The van der Waals surface area contributed by atoms with E-state index in [1.807, 2.05) is 44.2 Å². The molecule has 1 aromatic carbocycles. The molecule has 1 aromatic rings. The van der Waals surface area contributed by atoms with E-state index in [-0.39, 0.29) is 6.42 Å². The average Bonchev–Trinajstić information content (AvgIpc) is 2.93. The Morgan fingerprint density at radius 3 is 1.97 bits per heavy atom. The fourth-order valence-corrected chi connectivity index (χ4v) is 5.12. The highest BCUT2D eigenvalue weighted by atomic mass is 16.2. The Bertz CT molecular complexity index is 904. The number of rotatable bonds is 17. The Morgan fingerprint density at radius 1 is 0.795 bits per heavy atom. The molecular formula is C30H49N5O4. The maximum atomic E-state index is 13.5. The summed E-state index contributed by atoms with van der Waals surface area (Å²) in [6.45, 7) is 4.03. The van der Waals surface area contributed by atoms with Gasteiger partial charge >= 0.3 is 0 Å². The van der Waals surface area contributed by atoms with Crippen molar-refractivity contribution in [1.29, 1.82) is 0 Å². The molecule has 1 fully saturated rings. The molecule has 9 nitrogen and oxygen atoms in total. The van der Waals surface area contributed by atoms with Crippen LogP contribution in [0.5, 0.6) is 0 Å². The normalized spacial score (nSPS) is 16.9. The van der Waals surface area contributed by atoms with Crippen LogP contribution in [0.15, 0.2) is 30.3 Å². The summed E-state index contributed by atoms with van der Waals surface area (Å²) in [7, 11) is 0. The van der Waals surface area contributed by atoms with E-state index in [0.717, 1.165) is 50.5 Å². The number of nitrogens with one attached hydrogen (secondary N) is 3. The van der Waals surface area contributed by atoms with Crippen molar-refractivity contribution in [1.82, 2.24) is 16.0 Å². The van der Waals surface area contributed by atoms with Gasteiger partial charge in [-0.3, -0.25) is 19.2 Å². The number of nitrogens with two attached hydrogens (primary N) is 2. The standard InChI is InChI=1S/C30H49N5O4/c1-3-5-17-23(31)28(37)35-26(20-22-15-11-8-12-16-22)30(39)33-24(18-6-4-2)29(38)34-25(27(32)36)19-21-13-9-7-10-14-21/h8,11-12,15-16,21,23-26H,3-7,9-10,13-14,17-20,31H2,1-2H3,(H2,32,36)(H,33,39)(H,34,38)(H,35,37)/t23-,24+,25-,26-/m0/s1. The van der Waals surface area contributed by atoms with Gasteiger partial charge in [0.1, 0.15) is 18.1 Å². The summed E-state index contributed by atoms with van der Waals surface area (Å²) in [5, 5.41) is 8.47. The molecule has 0 aromatic heterocycles. The molecule has 0 saturated heterocycles. The van der Waals surface area contributed by atoms with Gasteiger partial charge in [-0.25, -0.2) is 0 Å². The van der Waals surface area contributed by atoms with Gasteiger partial charge in [0.25, 0.3) is 0 Å². The highest BCUT2D eigenvalue weighted by Crippen LogP contribution is 2.27. The van der Waals surface area contributed by atoms with Crippen molar-refractivity contribution in [3.05, 3.63) is 35.9 Å². The third-order valence-electron chi connectivity index (χ3n) is 7.55. The molecule has 39 heavy (non-hydrogen) atoms. The molecular weight excluding hydrogens is 494 g/mol. The third-order valence-corrected chi connectivity index (χ3v) is 7.55. The van der Waals surface area contributed by atoms with Gasteiger partial charge in [0.15, 0.2) is 0 Å². The summed E-state index contributed by atoms with van der Waals surface area (Å²) in [6, 6.07) is 6.13. The van der Waals surface area contributed by atoms with Gasteiger partial charge < -0.3 is 27.4 Å². The second-order valence-corrected chi connectivity index (χ2v) is 10.9. The number of primary amides is 1. The zero-order valence-electron chi connectivity index (χ0n) is 23.8. The van der Waals surface area contributed by atoms with Crippen molar-refractivity contribution in [2.45, 2.75) is 121 Å².